The van der Waals surface area contributed by atoms with E-state index >= 15 is 0 Å². The van der Waals surface area contributed by atoms with Crippen LogP contribution in [0.25, 0.3) is 0 Å². The van der Waals surface area contributed by atoms with Crippen LogP contribution in [0.2, 0.25) is 0 Å². The van der Waals surface area contributed by atoms with E-state index in [1.165, 1.54) is 0 Å². The first-order chi connectivity index (χ1) is 6.36. The molecule has 0 aliphatic carbocycles. The van der Waals surface area contributed by atoms with Crippen LogP contribution in [0, 0.1) is 0 Å². The zero-order chi connectivity index (χ0) is 10.9. The van der Waals surface area contributed by atoms with Crippen molar-refractivity contribution < 1.29 is 22.7 Å². The Hall–Kier alpha value is -1.31. The van der Waals surface area contributed by atoms with Crippen LogP contribution in [0.4, 0.5) is 13.2 Å². The van der Waals surface area contributed by atoms with Crippen LogP contribution in [0.1, 0.15) is 15.4 Å². The Balaban J connectivity index is 3.26. The number of ether oxygens (including phenoxy) is 1. The SMILES string of the molecule is COc1nc(C(F)(F)F)c(C(N)=O)s1. The molecule has 1 amide bonds. The molecule has 0 radical (unpaired) electrons. The average Bonchev–Trinajstić information content (AvgIpc) is 2.46. The number of halogens is 3. The van der Waals surface area contributed by atoms with Gasteiger partial charge in [-0.2, -0.15) is 18.2 Å². The lowest BCUT2D eigenvalue weighted by molar-refractivity contribution is -0.141. The zero-order valence-corrected chi connectivity index (χ0v) is 7.70. The summed E-state index contributed by atoms with van der Waals surface area (Å²) >= 11 is 0.467. The Labute approximate surface area is 80.5 Å². The number of primary amides is 1. The molecule has 2 N–H and O–H groups in total. The molecule has 4 nitrogen and oxygen atoms in total. The second-order valence-corrected chi connectivity index (χ2v) is 3.19. The first-order valence-corrected chi connectivity index (χ1v) is 4.09. The Bertz CT molecular complexity index is 360. The molecular formula is C6H5F3N2O2S. The van der Waals surface area contributed by atoms with Crippen LogP contribution in [0.5, 0.6) is 5.19 Å². The molecule has 0 spiro atoms. The summed E-state index contributed by atoms with van der Waals surface area (Å²) in [7, 11) is 1.16. The third-order valence-electron chi connectivity index (χ3n) is 1.27. The normalized spacial score (nSPS) is 11.4. The monoisotopic (exact) mass is 226 g/mol. The van der Waals surface area contributed by atoms with Gasteiger partial charge in [0.2, 0.25) is 0 Å². The number of thiazole rings is 1. The van der Waals surface area contributed by atoms with E-state index in [9.17, 15) is 18.0 Å². The summed E-state index contributed by atoms with van der Waals surface area (Å²) in [6.07, 6.45) is -4.70. The Morgan fingerprint density at radius 3 is 2.43 bits per heavy atom. The van der Waals surface area contributed by atoms with Gasteiger partial charge in [0.15, 0.2) is 5.69 Å². The van der Waals surface area contributed by atoms with E-state index in [0.29, 0.717) is 11.3 Å². The molecule has 78 valence electrons. The van der Waals surface area contributed by atoms with Crippen molar-refractivity contribution in [1.29, 1.82) is 0 Å². The Morgan fingerprint density at radius 2 is 2.14 bits per heavy atom. The minimum absolute atomic E-state index is 0.244. The van der Waals surface area contributed by atoms with Crippen molar-refractivity contribution in [2.45, 2.75) is 6.18 Å². The van der Waals surface area contributed by atoms with Gasteiger partial charge in [-0.3, -0.25) is 4.79 Å². The molecular weight excluding hydrogens is 221 g/mol. The van der Waals surface area contributed by atoms with E-state index in [4.69, 9.17) is 5.73 Å². The molecule has 0 fully saturated rings. The standard InChI is InChI=1S/C6H5F3N2O2S/c1-13-5-11-3(6(7,8)9)2(14-5)4(10)12/h1H3,(H2,10,12). The Kier molecular flexibility index (Phi) is 2.65. The lowest BCUT2D eigenvalue weighted by Gasteiger charge is -2.02. The van der Waals surface area contributed by atoms with Crippen molar-refractivity contribution in [1.82, 2.24) is 4.98 Å². The Morgan fingerprint density at radius 1 is 1.57 bits per heavy atom. The number of rotatable bonds is 2. The van der Waals surface area contributed by atoms with Crippen molar-refractivity contribution in [3.8, 4) is 5.19 Å². The van der Waals surface area contributed by atoms with Gasteiger partial charge in [-0.15, -0.1) is 0 Å². The number of hydrogen-bond acceptors (Lipinski definition) is 4. The van der Waals surface area contributed by atoms with Crippen LogP contribution >= 0.6 is 11.3 Å². The molecule has 8 heteroatoms. The van der Waals surface area contributed by atoms with E-state index in [0.717, 1.165) is 7.11 Å². The maximum absolute atomic E-state index is 12.2. The second-order valence-electron chi connectivity index (χ2n) is 2.22. The summed E-state index contributed by atoms with van der Waals surface area (Å²) in [6.45, 7) is 0. The molecule has 0 bridgehead atoms. The minimum Gasteiger partial charge on any atom is -0.473 e. The van der Waals surface area contributed by atoms with Gasteiger partial charge in [-0.25, -0.2) is 0 Å². The molecule has 1 aromatic heterocycles. The van der Waals surface area contributed by atoms with E-state index in [2.05, 4.69) is 9.72 Å². The molecule has 0 atom stereocenters. The predicted octanol–water partition coefficient (Wildman–Crippen LogP) is 1.27. The van der Waals surface area contributed by atoms with Crippen molar-refractivity contribution >= 4 is 17.2 Å². The van der Waals surface area contributed by atoms with Crippen molar-refractivity contribution in [2.75, 3.05) is 7.11 Å². The van der Waals surface area contributed by atoms with Crippen LogP contribution < -0.4 is 10.5 Å². The lowest BCUT2D eigenvalue weighted by atomic mass is 10.3. The lowest BCUT2D eigenvalue weighted by Crippen LogP contribution is -2.16. The zero-order valence-electron chi connectivity index (χ0n) is 6.88. The van der Waals surface area contributed by atoms with Gasteiger partial charge in [-0.1, -0.05) is 11.3 Å². The summed E-state index contributed by atoms with van der Waals surface area (Å²) in [4.78, 5) is 13.1. The van der Waals surface area contributed by atoms with Gasteiger partial charge in [0.05, 0.1) is 7.11 Å². The van der Waals surface area contributed by atoms with Gasteiger partial charge in [0, 0.05) is 0 Å². The van der Waals surface area contributed by atoms with Gasteiger partial charge in [0.1, 0.15) is 4.88 Å². The number of carbonyl (C=O) groups is 1. The highest BCUT2D eigenvalue weighted by atomic mass is 32.1. The highest BCUT2D eigenvalue weighted by Crippen LogP contribution is 2.36. The molecule has 0 aliphatic heterocycles. The molecule has 1 rings (SSSR count). The number of carbonyl (C=O) groups excluding carboxylic acids is 1. The molecule has 0 saturated carbocycles. The minimum atomic E-state index is -4.70. The number of nitrogens with zero attached hydrogens (tertiary/aromatic N) is 1. The largest absolute Gasteiger partial charge is 0.473 e. The molecule has 0 saturated heterocycles. The maximum atomic E-state index is 12.2. The number of alkyl halides is 3. The van der Waals surface area contributed by atoms with Crippen LogP contribution in [-0.2, 0) is 6.18 Å². The maximum Gasteiger partial charge on any atom is 0.435 e. The molecule has 14 heavy (non-hydrogen) atoms. The van der Waals surface area contributed by atoms with Crippen molar-refractivity contribution in [3.63, 3.8) is 0 Å². The average molecular weight is 226 g/mol. The molecule has 0 unspecified atom stereocenters. The third-order valence-corrected chi connectivity index (χ3v) is 2.31. The van der Waals surface area contributed by atoms with Gasteiger partial charge in [0.25, 0.3) is 11.1 Å². The van der Waals surface area contributed by atoms with Crippen molar-refractivity contribution in [3.05, 3.63) is 10.6 Å². The smallest absolute Gasteiger partial charge is 0.435 e. The summed E-state index contributed by atoms with van der Waals surface area (Å²) in [5, 5.41) is -0.244. The van der Waals surface area contributed by atoms with E-state index in [1.807, 2.05) is 0 Å². The fraction of sp³-hybridized carbons (Fsp3) is 0.333. The van der Waals surface area contributed by atoms with Crippen LogP contribution in [-0.4, -0.2) is 18.0 Å². The van der Waals surface area contributed by atoms with E-state index < -0.39 is 22.7 Å². The second kappa shape index (κ2) is 3.45. The van der Waals surface area contributed by atoms with Gasteiger partial charge in [-0.05, 0) is 0 Å². The highest BCUT2D eigenvalue weighted by Gasteiger charge is 2.39. The topological polar surface area (TPSA) is 65.2 Å². The number of aromatic nitrogens is 1. The highest BCUT2D eigenvalue weighted by molar-refractivity contribution is 7.15. The number of hydrogen-bond donors (Lipinski definition) is 1. The summed E-state index contributed by atoms with van der Waals surface area (Å²) in [5.74, 6) is -1.17. The van der Waals surface area contributed by atoms with Crippen molar-refractivity contribution in [2.24, 2.45) is 5.73 Å². The van der Waals surface area contributed by atoms with Gasteiger partial charge < -0.3 is 10.5 Å². The molecule has 1 heterocycles. The van der Waals surface area contributed by atoms with E-state index in [-0.39, 0.29) is 5.19 Å². The number of methoxy groups -OCH3 is 1. The van der Waals surface area contributed by atoms with Gasteiger partial charge >= 0.3 is 6.18 Å². The fourth-order valence-corrected chi connectivity index (χ4v) is 1.50. The molecule has 0 aliphatic rings. The first kappa shape index (κ1) is 10.8. The number of amides is 1. The third kappa shape index (κ3) is 1.95. The quantitative estimate of drug-likeness (QED) is 0.825. The fourth-order valence-electron chi connectivity index (χ4n) is 0.747. The van der Waals surface area contributed by atoms with Crippen LogP contribution in [0.15, 0.2) is 0 Å². The van der Waals surface area contributed by atoms with E-state index in [1.54, 1.807) is 0 Å². The van der Waals surface area contributed by atoms with Crippen LogP contribution in [0.3, 0.4) is 0 Å². The summed E-state index contributed by atoms with van der Waals surface area (Å²) in [5.41, 5.74) is 3.46. The summed E-state index contributed by atoms with van der Waals surface area (Å²) < 4.78 is 41.2. The first-order valence-electron chi connectivity index (χ1n) is 3.28. The summed E-state index contributed by atoms with van der Waals surface area (Å²) in [6, 6.07) is 0. The predicted molar refractivity (Wildman–Crippen MR) is 42.2 cm³/mol. The number of nitrogens with two attached hydrogens (primary N) is 1. The molecule has 1 aromatic rings. The molecule has 0 aromatic carbocycles.